The monoisotopic (exact) mass is 152 g/mol. The lowest BCUT2D eigenvalue weighted by atomic mass is 9.99. The summed E-state index contributed by atoms with van der Waals surface area (Å²) < 4.78 is 0. The van der Waals surface area contributed by atoms with Crippen molar-refractivity contribution in [1.29, 1.82) is 0 Å². The molecule has 1 aliphatic rings. The molecule has 0 bridgehead atoms. The molecule has 2 N–H and O–H groups in total. The van der Waals surface area contributed by atoms with Crippen LogP contribution in [0.1, 0.15) is 36.2 Å². The number of nitrogens with one attached hydrogen (secondary N) is 1. The fourth-order valence-corrected chi connectivity index (χ4v) is 1.63. The minimum atomic E-state index is -0.330. The molecule has 1 aliphatic carbocycles. The smallest absolute Gasteiger partial charge is 0.103 e. The van der Waals surface area contributed by atoms with E-state index in [4.69, 9.17) is 0 Å². The second-order valence-electron chi connectivity index (χ2n) is 3.09. The second kappa shape index (κ2) is 2.34. The number of aliphatic hydroxyl groups is 1. The Bertz CT molecular complexity index is 267. The molecule has 0 saturated heterocycles. The Kier molecular flexibility index (Phi) is 1.46. The van der Waals surface area contributed by atoms with Crippen LogP contribution in [0.4, 0.5) is 0 Å². The standard InChI is InChI=1S/C8H12N2O/c1-5-9-6-3-2-4-7(11)8(6)10-5/h7,11H,2-4H2,1H3,(H,9,10). The number of H-pyrrole nitrogens is 1. The molecule has 1 heterocycles. The predicted molar refractivity (Wildman–Crippen MR) is 41.2 cm³/mol. The molecular weight excluding hydrogens is 140 g/mol. The molecule has 0 radical (unpaired) electrons. The van der Waals surface area contributed by atoms with Gasteiger partial charge in [0.1, 0.15) is 5.82 Å². The van der Waals surface area contributed by atoms with Gasteiger partial charge in [0.15, 0.2) is 0 Å². The van der Waals surface area contributed by atoms with E-state index in [2.05, 4.69) is 9.97 Å². The summed E-state index contributed by atoms with van der Waals surface area (Å²) in [5, 5.41) is 9.49. The van der Waals surface area contributed by atoms with Gasteiger partial charge in [-0.3, -0.25) is 0 Å². The Morgan fingerprint density at radius 3 is 3.18 bits per heavy atom. The average Bonchev–Trinajstić information content (AvgIpc) is 2.31. The Hall–Kier alpha value is -0.830. The summed E-state index contributed by atoms with van der Waals surface area (Å²) in [6, 6.07) is 0. The van der Waals surface area contributed by atoms with Crippen LogP contribution in [0.15, 0.2) is 0 Å². The third kappa shape index (κ3) is 1.05. The maximum Gasteiger partial charge on any atom is 0.103 e. The van der Waals surface area contributed by atoms with E-state index in [0.717, 1.165) is 36.5 Å². The van der Waals surface area contributed by atoms with Gasteiger partial charge >= 0.3 is 0 Å². The van der Waals surface area contributed by atoms with Crippen LogP contribution in [0.2, 0.25) is 0 Å². The van der Waals surface area contributed by atoms with Gasteiger partial charge in [-0.15, -0.1) is 0 Å². The van der Waals surface area contributed by atoms with Crippen LogP contribution in [-0.4, -0.2) is 15.1 Å². The van der Waals surface area contributed by atoms with E-state index in [1.54, 1.807) is 0 Å². The highest BCUT2D eigenvalue weighted by Gasteiger charge is 2.20. The number of rotatable bonds is 0. The van der Waals surface area contributed by atoms with E-state index >= 15 is 0 Å². The molecule has 1 atom stereocenters. The lowest BCUT2D eigenvalue weighted by Gasteiger charge is -2.14. The highest BCUT2D eigenvalue weighted by molar-refractivity contribution is 5.19. The predicted octanol–water partition coefficient (Wildman–Crippen LogP) is 1.09. The minimum Gasteiger partial charge on any atom is -0.387 e. The SMILES string of the molecule is Cc1nc2c([nH]1)CCCC2O. The van der Waals surface area contributed by atoms with Crippen molar-refractivity contribution in [2.24, 2.45) is 0 Å². The molecule has 0 aliphatic heterocycles. The van der Waals surface area contributed by atoms with Crippen LogP contribution < -0.4 is 0 Å². The number of hydrogen-bond acceptors (Lipinski definition) is 2. The van der Waals surface area contributed by atoms with E-state index in [1.807, 2.05) is 6.92 Å². The van der Waals surface area contributed by atoms with Gasteiger partial charge in [-0.1, -0.05) is 0 Å². The lowest BCUT2D eigenvalue weighted by Crippen LogP contribution is -2.08. The van der Waals surface area contributed by atoms with Crippen molar-refractivity contribution in [3.8, 4) is 0 Å². The maximum atomic E-state index is 9.49. The Morgan fingerprint density at radius 2 is 2.45 bits per heavy atom. The van der Waals surface area contributed by atoms with Crippen LogP contribution in [-0.2, 0) is 6.42 Å². The number of aromatic amines is 1. The molecule has 60 valence electrons. The van der Waals surface area contributed by atoms with Crippen molar-refractivity contribution in [2.45, 2.75) is 32.3 Å². The molecule has 0 saturated carbocycles. The molecule has 1 unspecified atom stereocenters. The van der Waals surface area contributed by atoms with Gasteiger partial charge in [0.25, 0.3) is 0 Å². The largest absolute Gasteiger partial charge is 0.387 e. The zero-order valence-electron chi connectivity index (χ0n) is 6.59. The summed E-state index contributed by atoms with van der Waals surface area (Å²) in [7, 11) is 0. The van der Waals surface area contributed by atoms with Gasteiger partial charge in [0.2, 0.25) is 0 Å². The summed E-state index contributed by atoms with van der Waals surface area (Å²) in [6.45, 7) is 1.92. The van der Waals surface area contributed by atoms with Gasteiger partial charge < -0.3 is 10.1 Å². The number of nitrogens with zero attached hydrogens (tertiary/aromatic N) is 1. The fourth-order valence-electron chi connectivity index (χ4n) is 1.63. The van der Waals surface area contributed by atoms with Gasteiger partial charge in [0.05, 0.1) is 11.8 Å². The molecule has 3 heteroatoms. The molecule has 0 amide bonds. The third-order valence-corrected chi connectivity index (χ3v) is 2.15. The molecule has 0 fully saturated rings. The second-order valence-corrected chi connectivity index (χ2v) is 3.09. The van der Waals surface area contributed by atoms with Gasteiger partial charge in [-0.05, 0) is 26.2 Å². The van der Waals surface area contributed by atoms with Crippen LogP contribution in [0.25, 0.3) is 0 Å². The molecular formula is C8H12N2O. The van der Waals surface area contributed by atoms with E-state index in [-0.39, 0.29) is 6.10 Å². The van der Waals surface area contributed by atoms with Crippen molar-refractivity contribution < 1.29 is 5.11 Å². The van der Waals surface area contributed by atoms with Crippen molar-refractivity contribution in [3.05, 3.63) is 17.2 Å². The van der Waals surface area contributed by atoms with Gasteiger partial charge in [-0.25, -0.2) is 4.98 Å². The minimum absolute atomic E-state index is 0.330. The number of hydrogen-bond donors (Lipinski definition) is 2. The average molecular weight is 152 g/mol. The maximum absolute atomic E-state index is 9.49. The molecule has 1 aromatic rings. The van der Waals surface area contributed by atoms with Crippen LogP contribution in [0.3, 0.4) is 0 Å². The first-order valence-electron chi connectivity index (χ1n) is 4.01. The summed E-state index contributed by atoms with van der Waals surface area (Å²) in [4.78, 5) is 7.38. The quantitative estimate of drug-likeness (QED) is 0.584. The van der Waals surface area contributed by atoms with E-state index in [9.17, 15) is 5.11 Å². The summed E-state index contributed by atoms with van der Waals surface area (Å²) in [5.74, 6) is 0.913. The van der Waals surface area contributed by atoms with Gasteiger partial charge in [-0.2, -0.15) is 0 Å². The van der Waals surface area contributed by atoms with Crippen molar-refractivity contribution in [2.75, 3.05) is 0 Å². The molecule has 0 aromatic carbocycles. The first-order chi connectivity index (χ1) is 5.27. The summed E-state index contributed by atoms with van der Waals surface area (Å²) in [5.41, 5.74) is 2.00. The molecule has 11 heavy (non-hydrogen) atoms. The number of fused-ring (bicyclic) bond motifs is 1. The first-order valence-corrected chi connectivity index (χ1v) is 4.01. The van der Waals surface area contributed by atoms with Crippen LogP contribution in [0.5, 0.6) is 0 Å². The zero-order valence-corrected chi connectivity index (χ0v) is 6.59. The first kappa shape index (κ1) is 6.85. The Morgan fingerprint density at radius 1 is 1.64 bits per heavy atom. The van der Waals surface area contributed by atoms with E-state index in [1.165, 1.54) is 0 Å². The third-order valence-electron chi connectivity index (χ3n) is 2.15. The van der Waals surface area contributed by atoms with E-state index in [0.29, 0.717) is 0 Å². The van der Waals surface area contributed by atoms with Crippen molar-refractivity contribution >= 4 is 0 Å². The molecule has 2 rings (SSSR count). The number of aromatic nitrogens is 2. The summed E-state index contributed by atoms with van der Waals surface area (Å²) >= 11 is 0. The number of aryl methyl sites for hydroxylation is 2. The summed E-state index contributed by atoms with van der Waals surface area (Å²) in [6.07, 6.45) is 2.63. The Balaban J connectivity index is 2.43. The highest BCUT2D eigenvalue weighted by atomic mass is 16.3. The highest BCUT2D eigenvalue weighted by Crippen LogP contribution is 2.27. The molecule has 1 aromatic heterocycles. The fraction of sp³-hybridized carbons (Fsp3) is 0.625. The zero-order chi connectivity index (χ0) is 7.84. The molecule has 0 spiro atoms. The van der Waals surface area contributed by atoms with E-state index < -0.39 is 0 Å². The Labute approximate surface area is 65.5 Å². The normalized spacial score (nSPS) is 23.3. The topological polar surface area (TPSA) is 48.9 Å². The van der Waals surface area contributed by atoms with Crippen molar-refractivity contribution in [1.82, 2.24) is 9.97 Å². The number of aliphatic hydroxyl groups excluding tert-OH is 1. The van der Waals surface area contributed by atoms with Gasteiger partial charge in [0, 0.05) is 5.69 Å². The van der Waals surface area contributed by atoms with Crippen molar-refractivity contribution in [3.63, 3.8) is 0 Å². The number of imidazole rings is 1. The molecule has 3 nitrogen and oxygen atoms in total. The van der Waals surface area contributed by atoms with Crippen LogP contribution >= 0.6 is 0 Å². The van der Waals surface area contributed by atoms with Crippen LogP contribution in [0, 0.1) is 6.92 Å². The lowest BCUT2D eigenvalue weighted by molar-refractivity contribution is 0.152.